The lowest BCUT2D eigenvalue weighted by molar-refractivity contribution is -0.153. The van der Waals surface area contributed by atoms with Crippen LogP contribution in [0, 0.1) is 29.6 Å². The summed E-state index contributed by atoms with van der Waals surface area (Å²) in [6.07, 6.45) is 10.8. The average molecular weight is 1290 g/mol. The molecule has 0 saturated heterocycles. The fraction of sp³-hybridized carbons (Fsp3) is 0.584. The van der Waals surface area contributed by atoms with Crippen LogP contribution in [-0.2, 0) is 29.8 Å². The number of aliphatic hydroxyl groups is 1. The molecule has 1 amide bonds. The number of rotatable bonds is 27. The van der Waals surface area contributed by atoms with Crippen molar-refractivity contribution in [1.29, 1.82) is 0 Å². The van der Waals surface area contributed by atoms with Crippen LogP contribution in [0.5, 0.6) is 28.7 Å². The first-order chi connectivity index (χ1) is 43.9. The molecule has 1 aliphatic heterocycles. The number of phosphoric acid groups is 1. The summed E-state index contributed by atoms with van der Waals surface area (Å²) in [4.78, 5) is 24.1. The van der Waals surface area contributed by atoms with Crippen molar-refractivity contribution in [2.24, 2.45) is 35.3 Å². The Morgan fingerprint density at radius 1 is 0.533 bits per heavy atom. The third-order valence-electron chi connectivity index (χ3n) is 18.9. The SMILES string of the molecule is CC(C)NC(=O)Oc1c(C(C)C)cccc1[C@H](C)C1CC1.CC(C)c1cccc(C(C)C2CC2)c1OCCO.CC(C)c1cccc(C(C)C2CC2)c1OCOP1(=O)OCc2ccccc2O1.CCC(C)[C@H](N)C(=O)OCOc1c(C(C)C)cccc1[C@H](C)C1CC1. The third kappa shape index (κ3) is 20.8. The number of amides is 1. The van der Waals surface area contributed by atoms with Crippen molar-refractivity contribution in [3.05, 3.63) is 147 Å². The fourth-order valence-corrected chi connectivity index (χ4v) is 13.1. The van der Waals surface area contributed by atoms with Crippen LogP contribution in [0.3, 0.4) is 0 Å². The lowest BCUT2D eigenvalue weighted by Gasteiger charge is -2.25. The van der Waals surface area contributed by atoms with Crippen LogP contribution in [0.4, 0.5) is 4.79 Å². The van der Waals surface area contributed by atoms with Crippen molar-refractivity contribution in [2.45, 2.75) is 235 Å². The van der Waals surface area contributed by atoms with E-state index >= 15 is 0 Å². The van der Waals surface area contributed by atoms with Crippen LogP contribution in [0.25, 0.3) is 0 Å². The molecule has 0 bridgehead atoms. The van der Waals surface area contributed by atoms with E-state index in [0.29, 0.717) is 65.6 Å². The van der Waals surface area contributed by atoms with Gasteiger partial charge in [0.25, 0.3) is 0 Å². The standard InChI is InChI=1S/C22H27O5P.C21H33NO3.C18H27NO2.C16H24O2/c1-15(2)19-8-6-9-20(16(3)17-11-12-17)22(19)24-14-26-28(23)25-13-18-7-4-5-10-21(18)27-28;1-6-14(4)19(22)21(23)25-12-24-20-17(13(2)3)8-7-9-18(20)15(5)16-10-11-16;1-11(2)15-7-6-8-16(13(5)14-9-10-14)17(15)21-18(20)19-12(3)4;1-11(2)14-5-4-6-15(12(3)13-7-8-13)16(14)18-10-9-17/h4-10,15-17H,11-14H2,1-3H3;7-9,13-16,19H,6,10-12,22H2,1-5H3;6-8,11-14H,9-10H2,1-5H3,(H,19,20);4-6,11-13,17H,7-10H2,1-3H3/t;14?,15-,19+;13-;/m.11./s1. The van der Waals surface area contributed by atoms with Gasteiger partial charge in [-0.2, -0.15) is 0 Å². The summed E-state index contributed by atoms with van der Waals surface area (Å²) in [6, 6.07) is 32.1. The zero-order chi connectivity index (χ0) is 67.0. The number of ether oxygens (including phenoxy) is 5. The van der Waals surface area contributed by atoms with Gasteiger partial charge in [-0.05, 0) is 193 Å². The summed E-state index contributed by atoms with van der Waals surface area (Å²) in [5.74, 6) is 10.1. The van der Waals surface area contributed by atoms with Crippen molar-refractivity contribution in [1.82, 2.24) is 5.32 Å². The Kier molecular flexibility index (Phi) is 27.6. The van der Waals surface area contributed by atoms with E-state index in [1.807, 2.05) is 45.9 Å². The number of esters is 1. The van der Waals surface area contributed by atoms with Gasteiger partial charge in [-0.3, -0.25) is 9.32 Å². The number of para-hydroxylation sites is 5. The topological polar surface area (TPSA) is 183 Å². The second-order valence-electron chi connectivity index (χ2n) is 27.9. The van der Waals surface area contributed by atoms with Gasteiger partial charge in [0.2, 0.25) is 13.6 Å². The zero-order valence-corrected chi connectivity index (χ0v) is 59.2. The number of hydrogen-bond acceptors (Lipinski definition) is 13. The maximum atomic E-state index is 12.8. The number of hydrogen-bond donors (Lipinski definition) is 3. The lowest BCUT2D eigenvalue weighted by atomic mass is 9.90. The van der Waals surface area contributed by atoms with Crippen LogP contribution in [-0.4, -0.2) is 56.1 Å². The molecule has 7 atom stereocenters. The van der Waals surface area contributed by atoms with Gasteiger partial charge in [-0.1, -0.05) is 194 Å². The summed E-state index contributed by atoms with van der Waals surface area (Å²) in [5, 5.41) is 11.8. The molecule has 5 aromatic rings. The second-order valence-corrected chi connectivity index (χ2v) is 29.5. The highest BCUT2D eigenvalue weighted by Gasteiger charge is 2.37. The van der Waals surface area contributed by atoms with Gasteiger partial charge in [0.05, 0.1) is 13.2 Å². The van der Waals surface area contributed by atoms with Crippen molar-refractivity contribution in [3.8, 4) is 28.7 Å². The molecule has 1 heterocycles. The molecule has 5 aromatic carbocycles. The first-order valence-corrected chi connectivity index (χ1v) is 35.9. The van der Waals surface area contributed by atoms with Crippen LogP contribution in [0.1, 0.15) is 266 Å². The summed E-state index contributed by atoms with van der Waals surface area (Å²) in [6.45, 7) is 34.5. The molecular formula is C77H111N2O12P. The van der Waals surface area contributed by atoms with E-state index in [2.05, 4.69) is 161 Å². The molecule has 506 valence electrons. The highest BCUT2D eigenvalue weighted by molar-refractivity contribution is 7.49. The minimum atomic E-state index is -3.69. The van der Waals surface area contributed by atoms with Crippen molar-refractivity contribution in [2.75, 3.05) is 26.8 Å². The molecule has 4 unspecified atom stereocenters. The van der Waals surface area contributed by atoms with Crippen molar-refractivity contribution >= 4 is 19.9 Å². The van der Waals surface area contributed by atoms with Gasteiger partial charge in [-0.25, -0.2) is 13.9 Å². The Labute approximate surface area is 551 Å². The largest absolute Gasteiger partial charge is 0.533 e. The number of fused-ring (bicyclic) bond motifs is 1. The smallest absolute Gasteiger partial charge is 0.491 e. The first-order valence-electron chi connectivity index (χ1n) is 34.5. The summed E-state index contributed by atoms with van der Waals surface area (Å²) in [7, 11) is -3.69. The average Bonchev–Trinajstić information content (AvgIpc) is 1.52. The van der Waals surface area contributed by atoms with Crippen LogP contribution in [0.15, 0.2) is 97.1 Å². The van der Waals surface area contributed by atoms with E-state index in [-0.39, 0.29) is 44.9 Å². The molecule has 4 N–H and O–H groups in total. The van der Waals surface area contributed by atoms with Gasteiger partial charge < -0.3 is 44.4 Å². The summed E-state index contributed by atoms with van der Waals surface area (Å²) in [5.41, 5.74) is 16.3. The lowest BCUT2D eigenvalue weighted by Crippen LogP contribution is -2.38. The molecule has 0 spiro atoms. The Morgan fingerprint density at radius 2 is 0.913 bits per heavy atom. The van der Waals surface area contributed by atoms with Crippen molar-refractivity contribution in [3.63, 3.8) is 0 Å². The molecule has 4 fully saturated rings. The minimum absolute atomic E-state index is 0.0731. The molecule has 4 saturated carbocycles. The quantitative estimate of drug-likeness (QED) is 0.0257. The number of aliphatic hydroxyl groups excluding tert-OH is 1. The number of carbonyl (C=O) groups is 2. The molecule has 15 heteroatoms. The molecule has 10 rings (SSSR count). The van der Waals surface area contributed by atoms with Crippen LogP contribution >= 0.6 is 7.82 Å². The molecule has 5 aliphatic rings. The maximum Gasteiger partial charge on any atom is 0.533 e. The summed E-state index contributed by atoms with van der Waals surface area (Å²) >= 11 is 0. The predicted octanol–water partition coefficient (Wildman–Crippen LogP) is 19.5. The minimum Gasteiger partial charge on any atom is -0.491 e. The van der Waals surface area contributed by atoms with E-state index in [4.69, 9.17) is 48.1 Å². The molecule has 92 heavy (non-hydrogen) atoms. The van der Waals surface area contributed by atoms with Gasteiger partial charge in [0.15, 0.2) is 0 Å². The summed E-state index contributed by atoms with van der Waals surface area (Å²) < 4.78 is 57.9. The molecule has 0 radical (unpaired) electrons. The number of phosphoric ester groups is 1. The zero-order valence-electron chi connectivity index (χ0n) is 58.3. The molecule has 4 aliphatic carbocycles. The van der Waals surface area contributed by atoms with E-state index in [9.17, 15) is 14.2 Å². The number of nitrogens with two attached hydrogens (primary N) is 1. The highest BCUT2D eigenvalue weighted by atomic mass is 31.2. The van der Waals surface area contributed by atoms with E-state index in [1.54, 1.807) is 6.07 Å². The van der Waals surface area contributed by atoms with Crippen LogP contribution in [0.2, 0.25) is 0 Å². The Hall–Kier alpha value is -5.89. The monoisotopic (exact) mass is 1290 g/mol. The number of carbonyl (C=O) groups excluding carboxylic acids is 2. The fourth-order valence-electron chi connectivity index (χ4n) is 12.0. The Morgan fingerprint density at radius 3 is 1.30 bits per heavy atom. The molecular weight excluding hydrogens is 1180 g/mol. The second kappa shape index (κ2) is 34.5. The number of benzene rings is 5. The number of nitrogens with one attached hydrogen (secondary N) is 1. The molecule has 14 nitrogen and oxygen atoms in total. The van der Waals surface area contributed by atoms with Gasteiger partial charge in [0, 0.05) is 11.6 Å². The normalized spacial score (nSPS) is 18.7. The maximum absolute atomic E-state index is 12.8. The van der Waals surface area contributed by atoms with E-state index < -0.39 is 19.8 Å². The molecule has 0 aromatic heterocycles. The van der Waals surface area contributed by atoms with E-state index in [0.717, 1.165) is 69.4 Å². The van der Waals surface area contributed by atoms with Crippen molar-refractivity contribution < 1.29 is 56.5 Å². The van der Waals surface area contributed by atoms with Gasteiger partial charge in [-0.15, -0.1) is 0 Å². The Balaban J connectivity index is 0.000000176. The van der Waals surface area contributed by atoms with Crippen LogP contribution < -0.4 is 34.5 Å². The van der Waals surface area contributed by atoms with Gasteiger partial charge >= 0.3 is 19.9 Å². The van der Waals surface area contributed by atoms with Gasteiger partial charge in [0.1, 0.15) is 41.4 Å². The highest BCUT2D eigenvalue weighted by Crippen LogP contribution is 2.55. The third-order valence-corrected chi connectivity index (χ3v) is 20.2. The predicted molar refractivity (Wildman–Crippen MR) is 369 cm³/mol. The Bertz CT molecular complexity index is 3200. The van der Waals surface area contributed by atoms with E-state index in [1.165, 1.54) is 79.2 Å². The first kappa shape index (κ1) is 73.5.